The van der Waals surface area contributed by atoms with Gasteiger partial charge in [-0.3, -0.25) is 9.59 Å². The molecule has 1 heterocycles. The molecule has 6 nitrogen and oxygen atoms in total. The molecule has 0 aliphatic rings. The van der Waals surface area contributed by atoms with Crippen LogP contribution in [0.25, 0.3) is 11.3 Å². The van der Waals surface area contributed by atoms with Crippen LogP contribution in [0.2, 0.25) is 0 Å². The third-order valence-corrected chi connectivity index (χ3v) is 4.27. The standard InChI is InChI=1S/C17H22N4O2S.ClH/c1-4-9-17(3,18)15(23)21-16-20-14(10-24-16)12-5-7-13(8-6-12)19-11(2)22;/h5-8,10H,4,9,18H2,1-3H3,(H,19,22)(H,20,21,23);1H. The number of aromatic nitrogens is 1. The van der Waals surface area contributed by atoms with Crippen molar-refractivity contribution in [1.29, 1.82) is 0 Å². The van der Waals surface area contributed by atoms with Crippen molar-refractivity contribution >= 4 is 46.4 Å². The highest BCUT2D eigenvalue weighted by Crippen LogP contribution is 2.26. The van der Waals surface area contributed by atoms with Crippen molar-refractivity contribution in [2.75, 3.05) is 10.6 Å². The number of carbonyl (C=O) groups is 2. The average Bonchev–Trinajstić information content (AvgIpc) is 2.96. The van der Waals surface area contributed by atoms with Crippen LogP contribution in [0.1, 0.15) is 33.6 Å². The number of rotatable bonds is 6. The second kappa shape index (κ2) is 8.94. The summed E-state index contributed by atoms with van der Waals surface area (Å²) in [7, 11) is 0. The Kier molecular flexibility index (Phi) is 7.54. The van der Waals surface area contributed by atoms with Crippen LogP contribution in [0.4, 0.5) is 10.8 Å². The lowest BCUT2D eigenvalue weighted by Crippen LogP contribution is -2.48. The first-order valence-corrected chi connectivity index (χ1v) is 8.63. The van der Waals surface area contributed by atoms with Crippen molar-refractivity contribution in [3.05, 3.63) is 29.6 Å². The van der Waals surface area contributed by atoms with Gasteiger partial charge in [0.15, 0.2) is 5.13 Å². The summed E-state index contributed by atoms with van der Waals surface area (Å²) in [5.74, 6) is -0.343. The summed E-state index contributed by atoms with van der Waals surface area (Å²) in [5.41, 5.74) is 7.52. The molecule has 2 aromatic rings. The van der Waals surface area contributed by atoms with Gasteiger partial charge in [-0.25, -0.2) is 4.98 Å². The number of thiazole rings is 1. The molecule has 1 aromatic heterocycles. The fraction of sp³-hybridized carbons (Fsp3) is 0.353. The van der Waals surface area contributed by atoms with Gasteiger partial charge in [-0.1, -0.05) is 25.5 Å². The molecule has 0 aliphatic carbocycles. The second-order valence-electron chi connectivity index (χ2n) is 5.92. The highest BCUT2D eigenvalue weighted by atomic mass is 35.5. The molecule has 1 unspecified atom stereocenters. The molecule has 2 rings (SSSR count). The van der Waals surface area contributed by atoms with E-state index >= 15 is 0 Å². The molecular formula is C17H23ClN4O2S. The predicted molar refractivity (Wildman–Crippen MR) is 105 cm³/mol. The monoisotopic (exact) mass is 382 g/mol. The molecule has 0 radical (unpaired) electrons. The van der Waals surface area contributed by atoms with Crippen LogP contribution in [-0.2, 0) is 9.59 Å². The number of nitrogens with two attached hydrogens (primary N) is 1. The Balaban J connectivity index is 0.00000312. The normalized spacial score (nSPS) is 12.6. The number of halogens is 1. The first kappa shape index (κ1) is 21.1. The van der Waals surface area contributed by atoms with Crippen LogP contribution in [0.3, 0.4) is 0 Å². The molecular weight excluding hydrogens is 360 g/mol. The molecule has 25 heavy (non-hydrogen) atoms. The number of amides is 2. The van der Waals surface area contributed by atoms with Crippen LogP contribution in [-0.4, -0.2) is 22.3 Å². The maximum atomic E-state index is 12.2. The van der Waals surface area contributed by atoms with E-state index < -0.39 is 5.54 Å². The molecule has 0 spiro atoms. The number of benzene rings is 1. The lowest BCUT2D eigenvalue weighted by atomic mass is 9.97. The number of nitrogens with one attached hydrogen (secondary N) is 2. The smallest absolute Gasteiger partial charge is 0.245 e. The van der Waals surface area contributed by atoms with Gasteiger partial charge >= 0.3 is 0 Å². The molecule has 0 saturated heterocycles. The highest BCUT2D eigenvalue weighted by molar-refractivity contribution is 7.14. The quantitative estimate of drug-likeness (QED) is 0.710. The fourth-order valence-electron chi connectivity index (χ4n) is 2.26. The summed E-state index contributed by atoms with van der Waals surface area (Å²) >= 11 is 1.35. The first-order chi connectivity index (χ1) is 11.3. The molecule has 8 heteroatoms. The van der Waals surface area contributed by atoms with Crippen LogP contribution in [0.15, 0.2) is 29.6 Å². The van der Waals surface area contributed by atoms with Crippen molar-refractivity contribution in [1.82, 2.24) is 4.98 Å². The molecule has 0 fully saturated rings. The molecule has 4 N–H and O–H groups in total. The number of hydrogen-bond donors (Lipinski definition) is 3. The van der Waals surface area contributed by atoms with Gasteiger partial charge in [0, 0.05) is 23.6 Å². The Bertz CT molecular complexity index is 729. The van der Waals surface area contributed by atoms with Crippen LogP contribution in [0.5, 0.6) is 0 Å². The van der Waals surface area contributed by atoms with Gasteiger partial charge in [0.05, 0.1) is 11.2 Å². The molecule has 2 amide bonds. The van der Waals surface area contributed by atoms with Gasteiger partial charge in [0.25, 0.3) is 0 Å². The minimum absolute atomic E-state index is 0. The minimum Gasteiger partial charge on any atom is -0.326 e. The van der Waals surface area contributed by atoms with Crippen molar-refractivity contribution in [2.45, 2.75) is 39.2 Å². The molecule has 1 aromatic carbocycles. The Morgan fingerprint density at radius 3 is 2.44 bits per heavy atom. The maximum Gasteiger partial charge on any atom is 0.245 e. The Morgan fingerprint density at radius 2 is 1.88 bits per heavy atom. The molecule has 0 aliphatic heterocycles. The zero-order valence-corrected chi connectivity index (χ0v) is 16.1. The predicted octanol–water partition coefficient (Wildman–Crippen LogP) is 3.65. The van der Waals surface area contributed by atoms with Gasteiger partial charge in [-0.2, -0.15) is 0 Å². The molecule has 0 bridgehead atoms. The van der Waals surface area contributed by atoms with E-state index in [9.17, 15) is 9.59 Å². The van der Waals surface area contributed by atoms with E-state index in [4.69, 9.17) is 5.73 Å². The van der Waals surface area contributed by atoms with Gasteiger partial charge in [-0.05, 0) is 25.5 Å². The van der Waals surface area contributed by atoms with E-state index in [1.54, 1.807) is 6.92 Å². The number of anilines is 2. The summed E-state index contributed by atoms with van der Waals surface area (Å²) in [6, 6.07) is 7.37. The van der Waals surface area contributed by atoms with Gasteiger partial charge in [0.1, 0.15) is 0 Å². The molecule has 1 atom stereocenters. The van der Waals surface area contributed by atoms with E-state index in [2.05, 4.69) is 15.6 Å². The van der Waals surface area contributed by atoms with E-state index in [0.717, 1.165) is 23.4 Å². The van der Waals surface area contributed by atoms with Gasteiger partial charge in [-0.15, -0.1) is 23.7 Å². The van der Waals surface area contributed by atoms with Crippen LogP contribution < -0.4 is 16.4 Å². The summed E-state index contributed by atoms with van der Waals surface area (Å²) in [6.45, 7) is 5.18. The Morgan fingerprint density at radius 1 is 1.24 bits per heavy atom. The number of hydrogen-bond acceptors (Lipinski definition) is 5. The zero-order chi connectivity index (χ0) is 17.7. The van der Waals surface area contributed by atoms with Crippen molar-refractivity contribution in [3.8, 4) is 11.3 Å². The Labute approximate surface area is 157 Å². The summed E-state index contributed by atoms with van der Waals surface area (Å²) in [4.78, 5) is 27.7. The third kappa shape index (κ3) is 5.81. The summed E-state index contributed by atoms with van der Waals surface area (Å²) < 4.78 is 0. The highest BCUT2D eigenvalue weighted by Gasteiger charge is 2.27. The summed E-state index contributed by atoms with van der Waals surface area (Å²) in [5, 5.41) is 7.89. The molecule has 136 valence electrons. The third-order valence-electron chi connectivity index (χ3n) is 3.51. The zero-order valence-electron chi connectivity index (χ0n) is 14.5. The Hall–Kier alpha value is -1.96. The van der Waals surface area contributed by atoms with Crippen molar-refractivity contribution in [2.24, 2.45) is 5.73 Å². The van der Waals surface area contributed by atoms with Crippen LogP contribution in [0, 0.1) is 0 Å². The average molecular weight is 383 g/mol. The topological polar surface area (TPSA) is 97.1 Å². The largest absolute Gasteiger partial charge is 0.326 e. The maximum absolute atomic E-state index is 12.2. The first-order valence-electron chi connectivity index (χ1n) is 7.75. The second-order valence-corrected chi connectivity index (χ2v) is 6.78. The van der Waals surface area contributed by atoms with Crippen molar-refractivity contribution in [3.63, 3.8) is 0 Å². The molecule has 0 saturated carbocycles. The lowest BCUT2D eigenvalue weighted by Gasteiger charge is -2.21. The number of carbonyl (C=O) groups excluding carboxylic acids is 2. The summed E-state index contributed by atoms with van der Waals surface area (Å²) in [6.07, 6.45) is 1.45. The van der Waals surface area contributed by atoms with Crippen molar-refractivity contribution < 1.29 is 9.59 Å². The SMILES string of the molecule is CCCC(C)(N)C(=O)Nc1nc(-c2ccc(NC(C)=O)cc2)cs1.Cl. The minimum atomic E-state index is -0.902. The van der Waals surface area contributed by atoms with E-state index in [1.165, 1.54) is 18.3 Å². The van der Waals surface area contributed by atoms with E-state index in [0.29, 0.717) is 11.6 Å². The van der Waals surface area contributed by atoms with E-state index in [-0.39, 0.29) is 24.2 Å². The van der Waals surface area contributed by atoms with Crippen LogP contribution >= 0.6 is 23.7 Å². The van der Waals surface area contributed by atoms with Gasteiger partial charge in [0.2, 0.25) is 11.8 Å². The van der Waals surface area contributed by atoms with Gasteiger partial charge < -0.3 is 16.4 Å². The van der Waals surface area contributed by atoms with E-state index in [1.807, 2.05) is 36.6 Å². The number of nitrogens with zero attached hydrogens (tertiary/aromatic N) is 1. The fourth-order valence-corrected chi connectivity index (χ4v) is 2.98. The lowest BCUT2D eigenvalue weighted by molar-refractivity contribution is -0.120.